The highest BCUT2D eigenvalue weighted by molar-refractivity contribution is 4.80. The Balaban J connectivity index is 2.32. The maximum atomic E-state index is 13.3. The lowest BCUT2D eigenvalue weighted by Gasteiger charge is -2.32. The molecule has 0 aromatic rings. The summed E-state index contributed by atoms with van der Waals surface area (Å²) in [6.07, 6.45) is 2.85. The van der Waals surface area contributed by atoms with E-state index in [0.29, 0.717) is 24.3 Å². The van der Waals surface area contributed by atoms with Gasteiger partial charge in [0.05, 0.1) is 0 Å². The quantitative estimate of drug-likeness (QED) is 0.743. The maximum absolute atomic E-state index is 13.3. The molecule has 0 aromatic carbocycles. The van der Waals surface area contributed by atoms with Crippen LogP contribution in [-0.4, -0.2) is 18.5 Å². The third kappa shape index (κ3) is 5.64. The summed E-state index contributed by atoms with van der Waals surface area (Å²) in [5, 5.41) is 3.43. The molecule has 0 heterocycles. The fraction of sp³-hybridized carbons (Fsp3) is 1.00. The predicted molar refractivity (Wildman–Crippen MR) is 73.0 cm³/mol. The second-order valence-electron chi connectivity index (χ2n) is 6.57. The van der Waals surface area contributed by atoms with Crippen LogP contribution in [0.4, 0.5) is 8.78 Å². The summed E-state index contributed by atoms with van der Waals surface area (Å²) >= 11 is 0. The highest BCUT2D eigenvalue weighted by atomic mass is 19.3. The third-order valence-corrected chi connectivity index (χ3v) is 4.27. The van der Waals surface area contributed by atoms with Crippen LogP contribution in [-0.2, 0) is 0 Å². The van der Waals surface area contributed by atoms with Crippen LogP contribution in [0, 0.1) is 17.8 Å². The van der Waals surface area contributed by atoms with Gasteiger partial charge in [-0.15, -0.1) is 0 Å². The Hall–Kier alpha value is -0.180. The summed E-state index contributed by atoms with van der Waals surface area (Å²) in [7, 11) is 0. The number of hydrogen-bond donors (Lipinski definition) is 1. The first-order valence-electron chi connectivity index (χ1n) is 7.41. The molecule has 1 aliphatic rings. The molecule has 1 N–H and O–H groups in total. The molecule has 0 radical (unpaired) electrons. The normalized spacial score (nSPS) is 27.2. The minimum Gasteiger partial charge on any atom is -0.314 e. The van der Waals surface area contributed by atoms with E-state index in [0.717, 1.165) is 19.4 Å². The van der Waals surface area contributed by atoms with Crippen molar-refractivity contribution in [3.05, 3.63) is 0 Å². The van der Waals surface area contributed by atoms with Crippen LogP contribution in [0.5, 0.6) is 0 Å². The average Bonchev–Trinajstić information content (AvgIpc) is 2.24. The van der Waals surface area contributed by atoms with Crippen LogP contribution in [0.3, 0.4) is 0 Å². The summed E-state index contributed by atoms with van der Waals surface area (Å²) in [6.45, 7) is 9.69. The molecule has 3 heteroatoms. The van der Waals surface area contributed by atoms with Crippen molar-refractivity contribution in [2.24, 2.45) is 17.8 Å². The Bertz CT molecular complexity index is 241. The Morgan fingerprint density at radius 2 is 1.83 bits per heavy atom. The van der Waals surface area contributed by atoms with Gasteiger partial charge in [-0.1, -0.05) is 34.1 Å². The zero-order valence-electron chi connectivity index (χ0n) is 12.3. The zero-order valence-corrected chi connectivity index (χ0v) is 12.3. The molecule has 3 atom stereocenters. The van der Waals surface area contributed by atoms with E-state index in [1.807, 2.05) is 0 Å². The van der Waals surface area contributed by atoms with Crippen LogP contribution in [0.1, 0.15) is 59.8 Å². The van der Waals surface area contributed by atoms with E-state index >= 15 is 0 Å². The summed E-state index contributed by atoms with van der Waals surface area (Å²) in [5.41, 5.74) is 0. The van der Waals surface area contributed by atoms with E-state index in [-0.39, 0.29) is 18.8 Å². The summed E-state index contributed by atoms with van der Waals surface area (Å²) < 4.78 is 26.7. The topological polar surface area (TPSA) is 12.0 Å². The highest BCUT2D eigenvalue weighted by Gasteiger charge is 2.36. The lowest BCUT2D eigenvalue weighted by molar-refractivity contribution is -0.0562. The van der Waals surface area contributed by atoms with E-state index in [4.69, 9.17) is 0 Å². The third-order valence-electron chi connectivity index (χ3n) is 4.27. The van der Waals surface area contributed by atoms with Crippen LogP contribution < -0.4 is 5.32 Å². The molecular formula is C15H29F2N. The van der Waals surface area contributed by atoms with Crippen molar-refractivity contribution < 1.29 is 8.78 Å². The molecule has 0 aliphatic heterocycles. The largest absolute Gasteiger partial charge is 0.314 e. The van der Waals surface area contributed by atoms with E-state index in [1.54, 1.807) is 0 Å². The average molecular weight is 261 g/mol. The molecule has 0 spiro atoms. The predicted octanol–water partition coefficient (Wildman–Crippen LogP) is 4.47. The molecule has 0 amide bonds. The second kappa shape index (κ2) is 6.83. The van der Waals surface area contributed by atoms with Gasteiger partial charge in [0.25, 0.3) is 0 Å². The van der Waals surface area contributed by atoms with E-state index in [9.17, 15) is 8.78 Å². The molecule has 0 bridgehead atoms. The number of hydrogen-bond acceptors (Lipinski definition) is 1. The Kier molecular flexibility index (Phi) is 6.03. The van der Waals surface area contributed by atoms with E-state index < -0.39 is 5.92 Å². The Morgan fingerprint density at radius 1 is 1.17 bits per heavy atom. The zero-order chi connectivity index (χ0) is 13.8. The van der Waals surface area contributed by atoms with Crippen molar-refractivity contribution >= 4 is 0 Å². The van der Waals surface area contributed by atoms with Gasteiger partial charge in [0.2, 0.25) is 5.92 Å². The summed E-state index contributed by atoms with van der Waals surface area (Å²) in [6, 6.07) is 0.499. The molecular weight excluding hydrogens is 232 g/mol. The summed E-state index contributed by atoms with van der Waals surface area (Å²) in [4.78, 5) is 0. The smallest absolute Gasteiger partial charge is 0.248 e. The van der Waals surface area contributed by atoms with Crippen molar-refractivity contribution in [2.75, 3.05) is 6.54 Å². The fourth-order valence-corrected chi connectivity index (χ4v) is 2.86. The first-order valence-corrected chi connectivity index (χ1v) is 7.41. The van der Waals surface area contributed by atoms with Gasteiger partial charge in [0.15, 0.2) is 0 Å². The molecule has 1 rings (SSSR count). The van der Waals surface area contributed by atoms with Crippen molar-refractivity contribution in [1.29, 1.82) is 0 Å². The van der Waals surface area contributed by atoms with Gasteiger partial charge in [-0.2, -0.15) is 0 Å². The van der Waals surface area contributed by atoms with E-state index in [2.05, 4.69) is 33.0 Å². The lowest BCUT2D eigenvalue weighted by Crippen LogP contribution is -2.32. The van der Waals surface area contributed by atoms with E-state index in [1.165, 1.54) is 0 Å². The van der Waals surface area contributed by atoms with Crippen LogP contribution in [0.25, 0.3) is 0 Å². The summed E-state index contributed by atoms with van der Waals surface area (Å²) in [5.74, 6) is -1.09. The number of nitrogens with one attached hydrogen (secondary N) is 1. The van der Waals surface area contributed by atoms with Crippen LogP contribution >= 0.6 is 0 Å². The first-order chi connectivity index (χ1) is 8.30. The molecule has 0 aromatic heterocycles. The van der Waals surface area contributed by atoms with Gasteiger partial charge in [0.1, 0.15) is 0 Å². The second-order valence-corrected chi connectivity index (χ2v) is 6.57. The Morgan fingerprint density at radius 3 is 2.39 bits per heavy atom. The molecule has 1 saturated carbocycles. The van der Waals surface area contributed by atoms with Crippen molar-refractivity contribution in [2.45, 2.75) is 71.8 Å². The van der Waals surface area contributed by atoms with Gasteiger partial charge in [0, 0.05) is 18.9 Å². The Labute approximate surface area is 111 Å². The van der Waals surface area contributed by atoms with Gasteiger partial charge >= 0.3 is 0 Å². The number of rotatable bonds is 6. The van der Waals surface area contributed by atoms with Crippen molar-refractivity contribution in [3.63, 3.8) is 0 Å². The highest BCUT2D eigenvalue weighted by Crippen LogP contribution is 2.39. The monoisotopic (exact) mass is 261 g/mol. The number of halogens is 2. The fourth-order valence-electron chi connectivity index (χ4n) is 2.86. The standard InChI is InChI=1S/C15H29F2N/c1-11(2)18-10-13(4)12(3)8-14-6-5-7-15(16,17)9-14/h11-14,18H,5-10H2,1-4H3. The SMILES string of the molecule is CC(C)NCC(C)C(C)CC1CCCC(F)(F)C1. The van der Waals surface area contributed by atoms with Crippen molar-refractivity contribution in [1.82, 2.24) is 5.32 Å². The van der Waals surface area contributed by atoms with Gasteiger partial charge in [-0.05, 0) is 37.1 Å². The molecule has 3 unspecified atom stereocenters. The van der Waals surface area contributed by atoms with Crippen LogP contribution in [0.15, 0.2) is 0 Å². The maximum Gasteiger partial charge on any atom is 0.248 e. The lowest BCUT2D eigenvalue weighted by atomic mass is 9.78. The number of alkyl halides is 2. The minimum atomic E-state index is -2.40. The molecule has 18 heavy (non-hydrogen) atoms. The molecule has 1 aliphatic carbocycles. The molecule has 0 saturated heterocycles. The van der Waals surface area contributed by atoms with Crippen molar-refractivity contribution in [3.8, 4) is 0 Å². The van der Waals surface area contributed by atoms with Gasteiger partial charge in [-0.25, -0.2) is 8.78 Å². The molecule has 1 nitrogen and oxygen atoms in total. The molecule has 1 fully saturated rings. The minimum absolute atomic E-state index is 0.0995. The first kappa shape index (κ1) is 15.9. The van der Waals surface area contributed by atoms with Gasteiger partial charge in [-0.3, -0.25) is 0 Å². The molecule has 108 valence electrons. The van der Waals surface area contributed by atoms with Gasteiger partial charge < -0.3 is 5.32 Å². The van der Waals surface area contributed by atoms with Crippen LogP contribution in [0.2, 0.25) is 0 Å².